The fraction of sp³-hybridized carbons (Fsp3) is 0.333. The highest BCUT2D eigenvalue weighted by Crippen LogP contribution is 2.24. The molecule has 1 aromatic heterocycles. The molecule has 2 aromatic rings. The van der Waals surface area contributed by atoms with Crippen LogP contribution in [0.3, 0.4) is 0 Å². The lowest BCUT2D eigenvalue weighted by molar-refractivity contribution is 0.838. The molecule has 96 valence electrons. The number of halogens is 1. The second-order valence-electron chi connectivity index (χ2n) is 4.35. The minimum Gasteiger partial charge on any atom is -0.366 e. The molecular weight excluding hydrogens is 262 g/mol. The quantitative estimate of drug-likeness (QED) is 0.709. The van der Waals surface area contributed by atoms with E-state index in [9.17, 15) is 0 Å². The molecule has 0 spiro atoms. The molecular formula is C15H18ClNS. The van der Waals surface area contributed by atoms with E-state index in [1.165, 1.54) is 21.7 Å². The Balaban J connectivity index is 2.22. The average Bonchev–Trinajstić information content (AvgIpc) is 2.89. The number of benzene rings is 1. The molecule has 0 radical (unpaired) electrons. The topological polar surface area (TPSA) is 3.24 Å². The lowest BCUT2D eigenvalue weighted by Gasteiger charge is -2.24. The van der Waals surface area contributed by atoms with Gasteiger partial charge < -0.3 is 4.90 Å². The standard InChI is InChI=1S/C15H18ClNS/c1-3-17(11-14-5-4-8-18-14)15-7-6-13(10-16)9-12(15)2/h4-9H,3,10-11H2,1-2H3. The van der Waals surface area contributed by atoms with E-state index >= 15 is 0 Å². The second kappa shape index (κ2) is 6.26. The lowest BCUT2D eigenvalue weighted by atomic mass is 10.1. The fourth-order valence-electron chi connectivity index (χ4n) is 2.11. The van der Waals surface area contributed by atoms with Gasteiger partial charge in [-0.1, -0.05) is 18.2 Å². The van der Waals surface area contributed by atoms with Crippen molar-refractivity contribution in [2.24, 2.45) is 0 Å². The molecule has 0 N–H and O–H groups in total. The Morgan fingerprint density at radius 3 is 2.67 bits per heavy atom. The van der Waals surface area contributed by atoms with Crippen LogP contribution >= 0.6 is 22.9 Å². The van der Waals surface area contributed by atoms with Gasteiger partial charge in [0.05, 0.1) is 6.54 Å². The molecule has 0 fully saturated rings. The molecule has 3 heteroatoms. The van der Waals surface area contributed by atoms with Crippen LogP contribution in [0.4, 0.5) is 5.69 Å². The Bertz CT molecular complexity index is 493. The van der Waals surface area contributed by atoms with Crippen LogP contribution in [0.1, 0.15) is 22.9 Å². The zero-order valence-corrected chi connectivity index (χ0v) is 12.4. The Morgan fingerprint density at radius 2 is 2.11 bits per heavy atom. The van der Waals surface area contributed by atoms with Gasteiger partial charge in [-0.15, -0.1) is 22.9 Å². The number of thiophene rings is 1. The molecule has 0 saturated carbocycles. The summed E-state index contributed by atoms with van der Waals surface area (Å²) in [6, 6.07) is 10.8. The average molecular weight is 280 g/mol. The summed E-state index contributed by atoms with van der Waals surface area (Å²) in [5.74, 6) is 0.582. The maximum Gasteiger partial charge on any atom is 0.0522 e. The zero-order valence-electron chi connectivity index (χ0n) is 10.8. The number of alkyl halides is 1. The van der Waals surface area contributed by atoms with Crippen molar-refractivity contribution < 1.29 is 0 Å². The van der Waals surface area contributed by atoms with Crippen molar-refractivity contribution in [3.05, 3.63) is 51.7 Å². The molecule has 1 heterocycles. The number of hydrogen-bond acceptors (Lipinski definition) is 2. The van der Waals surface area contributed by atoms with Gasteiger partial charge in [-0.2, -0.15) is 0 Å². The van der Waals surface area contributed by atoms with Crippen molar-refractivity contribution >= 4 is 28.6 Å². The van der Waals surface area contributed by atoms with Crippen LogP contribution in [-0.2, 0) is 12.4 Å². The third-order valence-corrected chi connectivity index (χ3v) is 4.23. The SMILES string of the molecule is CCN(Cc1cccs1)c1ccc(CCl)cc1C. The normalized spacial score (nSPS) is 10.6. The van der Waals surface area contributed by atoms with Crippen molar-refractivity contribution in [2.45, 2.75) is 26.3 Å². The summed E-state index contributed by atoms with van der Waals surface area (Å²) >= 11 is 7.68. The van der Waals surface area contributed by atoms with Crippen LogP contribution in [-0.4, -0.2) is 6.54 Å². The highest BCUT2D eigenvalue weighted by Gasteiger charge is 2.09. The van der Waals surface area contributed by atoms with Gasteiger partial charge in [-0.25, -0.2) is 0 Å². The molecule has 0 amide bonds. The number of nitrogens with zero attached hydrogens (tertiary/aromatic N) is 1. The van der Waals surface area contributed by atoms with Crippen molar-refractivity contribution in [3.63, 3.8) is 0 Å². The first kappa shape index (κ1) is 13.4. The molecule has 0 aliphatic rings. The molecule has 0 aliphatic heterocycles. The van der Waals surface area contributed by atoms with Gasteiger partial charge in [0.25, 0.3) is 0 Å². The van der Waals surface area contributed by atoms with Gasteiger partial charge in [-0.05, 0) is 42.5 Å². The predicted octanol–water partition coefficient (Wildman–Crippen LogP) is 4.82. The van der Waals surface area contributed by atoms with E-state index < -0.39 is 0 Å². The maximum atomic E-state index is 5.87. The molecule has 2 rings (SSSR count). The summed E-state index contributed by atoms with van der Waals surface area (Å²) in [5.41, 5.74) is 3.79. The summed E-state index contributed by atoms with van der Waals surface area (Å²) < 4.78 is 0. The van der Waals surface area contributed by atoms with Crippen molar-refractivity contribution in [1.29, 1.82) is 0 Å². The Morgan fingerprint density at radius 1 is 1.28 bits per heavy atom. The molecule has 1 aromatic carbocycles. The second-order valence-corrected chi connectivity index (χ2v) is 5.65. The van der Waals surface area contributed by atoms with E-state index in [1.807, 2.05) is 11.3 Å². The minimum absolute atomic E-state index is 0.582. The van der Waals surface area contributed by atoms with E-state index in [4.69, 9.17) is 11.6 Å². The third kappa shape index (κ3) is 3.06. The van der Waals surface area contributed by atoms with E-state index in [1.54, 1.807) is 0 Å². The van der Waals surface area contributed by atoms with Gasteiger partial charge in [0, 0.05) is 23.0 Å². The van der Waals surface area contributed by atoms with Gasteiger partial charge >= 0.3 is 0 Å². The lowest BCUT2D eigenvalue weighted by Crippen LogP contribution is -2.22. The van der Waals surface area contributed by atoms with E-state index in [0.717, 1.165) is 13.1 Å². The molecule has 0 saturated heterocycles. The number of rotatable bonds is 5. The highest BCUT2D eigenvalue weighted by molar-refractivity contribution is 7.09. The summed E-state index contributed by atoms with van der Waals surface area (Å²) in [7, 11) is 0. The largest absolute Gasteiger partial charge is 0.366 e. The van der Waals surface area contributed by atoms with Crippen molar-refractivity contribution in [2.75, 3.05) is 11.4 Å². The van der Waals surface area contributed by atoms with Crippen LogP contribution in [0.25, 0.3) is 0 Å². The number of hydrogen-bond donors (Lipinski definition) is 0. The van der Waals surface area contributed by atoms with E-state index in [0.29, 0.717) is 5.88 Å². The van der Waals surface area contributed by atoms with E-state index in [2.05, 4.69) is 54.5 Å². The summed E-state index contributed by atoms with van der Waals surface area (Å²) in [6.45, 7) is 6.35. The zero-order chi connectivity index (χ0) is 13.0. The van der Waals surface area contributed by atoms with Crippen LogP contribution in [0, 0.1) is 6.92 Å². The first-order valence-electron chi connectivity index (χ1n) is 6.17. The molecule has 0 unspecified atom stereocenters. The van der Waals surface area contributed by atoms with Gasteiger partial charge in [0.2, 0.25) is 0 Å². The third-order valence-electron chi connectivity index (χ3n) is 3.06. The maximum absolute atomic E-state index is 5.87. The predicted molar refractivity (Wildman–Crippen MR) is 81.8 cm³/mol. The molecule has 0 aliphatic carbocycles. The number of aryl methyl sites for hydroxylation is 1. The van der Waals surface area contributed by atoms with Crippen LogP contribution in [0.15, 0.2) is 35.7 Å². The monoisotopic (exact) mass is 279 g/mol. The van der Waals surface area contributed by atoms with E-state index in [-0.39, 0.29) is 0 Å². The summed E-state index contributed by atoms with van der Waals surface area (Å²) in [4.78, 5) is 3.80. The smallest absolute Gasteiger partial charge is 0.0522 e. The van der Waals surface area contributed by atoms with Crippen LogP contribution in [0.5, 0.6) is 0 Å². The Hall–Kier alpha value is -0.990. The van der Waals surface area contributed by atoms with Gasteiger partial charge in [-0.3, -0.25) is 0 Å². The highest BCUT2D eigenvalue weighted by atomic mass is 35.5. The Labute approximate surface area is 118 Å². The van der Waals surface area contributed by atoms with Gasteiger partial charge in [0.15, 0.2) is 0 Å². The summed E-state index contributed by atoms with van der Waals surface area (Å²) in [5, 5.41) is 2.13. The van der Waals surface area contributed by atoms with Crippen molar-refractivity contribution in [3.8, 4) is 0 Å². The molecule has 0 atom stereocenters. The first-order valence-corrected chi connectivity index (χ1v) is 7.58. The number of anilines is 1. The fourth-order valence-corrected chi connectivity index (χ4v) is 3.00. The molecule has 0 bridgehead atoms. The van der Waals surface area contributed by atoms with Crippen LogP contribution < -0.4 is 4.90 Å². The summed E-state index contributed by atoms with van der Waals surface area (Å²) in [6.07, 6.45) is 0. The molecule has 1 nitrogen and oxygen atoms in total. The Kier molecular flexibility index (Phi) is 4.67. The first-order chi connectivity index (χ1) is 8.74. The van der Waals surface area contributed by atoms with Crippen LogP contribution in [0.2, 0.25) is 0 Å². The van der Waals surface area contributed by atoms with Crippen molar-refractivity contribution in [1.82, 2.24) is 0 Å². The molecule has 18 heavy (non-hydrogen) atoms. The minimum atomic E-state index is 0.582. The van der Waals surface area contributed by atoms with Gasteiger partial charge in [0.1, 0.15) is 0 Å².